The van der Waals surface area contributed by atoms with Gasteiger partial charge in [0.05, 0.1) is 19.2 Å². The second-order valence-corrected chi connectivity index (χ2v) is 19.1. The van der Waals surface area contributed by atoms with Gasteiger partial charge in [-0.1, -0.05) is 54.6 Å². The van der Waals surface area contributed by atoms with Gasteiger partial charge in [-0.25, -0.2) is 0 Å². The smallest absolute Gasteiger partial charge is 0.327 e. The van der Waals surface area contributed by atoms with Crippen molar-refractivity contribution in [2.45, 2.75) is 133 Å². The third-order valence-electron chi connectivity index (χ3n) is 13.2. The number of carbonyl (C=O) groups excluding carboxylic acids is 5. The van der Waals surface area contributed by atoms with E-state index in [0.29, 0.717) is 0 Å². The number of aliphatic hydroxyl groups is 1. The van der Waals surface area contributed by atoms with E-state index in [0.717, 1.165) is 42.4 Å². The molecule has 6 aliphatic rings. The van der Waals surface area contributed by atoms with E-state index in [2.05, 4.69) is 5.32 Å². The zero-order valence-corrected chi connectivity index (χ0v) is 36.5. The Balaban J connectivity index is 1.14. The minimum absolute atomic E-state index is 0.0389. The van der Waals surface area contributed by atoms with Gasteiger partial charge in [-0.2, -0.15) is 5.06 Å². The Hall–Kier alpha value is -4.67. The maximum atomic E-state index is 15.8. The molecule has 2 aromatic rings. The Kier molecular flexibility index (Phi) is 12.1. The molecular weight excluding hydrogens is 797 g/mol. The molecule has 3 saturated heterocycles. The van der Waals surface area contributed by atoms with Gasteiger partial charge in [0.1, 0.15) is 41.5 Å². The van der Waals surface area contributed by atoms with Crippen LogP contribution in [0.4, 0.5) is 0 Å². The van der Waals surface area contributed by atoms with E-state index in [9.17, 15) is 24.3 Å². The van der Waals surface area contributed by atoms with Crippen LogP contribution in [0.2, 0.25) is 0 Å². The van der Waals surface area contributed by atoms with Crippen LogP contribution in [0.1, 0.15) is 82.4 Å². The molecule has 2 N–H and O–H groups in total. The second-order valence-electron chi connectivity index (χ2n) is 19.1. The minimum Gasteiger partial charge on any atom is -0.460 e. The van der Waals surface area contributed by atoms with Crippen molar-refractivity contribution in [2.24, 2.45) is 17.3 Å². The SMILES string of the molecule is CN(C)C(=O)C=Cc1ccccc1CN1O[C@@H]2[C@H]3OC(C4CC4)(C4CC4)O[C@H]3[C@@H]3C[C@]2(C(=O)N(C)[C@H](Cc2ccccc2)C(=O)N[C@H](CO)CCC(=O)OC(C)(C)C)[C@@H]1C(=O)O3. The highest BCUT2D eigenvalue weighted by Crippen LogP contribution is 2.64. The highest BCUT2D eigenvalue weighted by molar-refractivity contribution is 5.96. The van der Waals surface area contributed by atoms with Gasteiger partial charge in [-0.15, -0.1) is 0 Å². The topological polar surface area (TPSA) is 173 Å². The van der Waals surface area contributed by atoms with Gasteiger partial charge in [-0.05, 0) is 75.6 Å². The molecule has 15 nitrogen and oxygen atoms in total. The number of amides is 3. The van der Waals surface area contributed by atoms with Gasteiger partial charge in [0.2, 0.25) is 17.7 Å². The third-order valence-corrected chi connectivity index (χ3v) is 13.2. The van der Waals surface area contributed by atoms with E-state index in [4.69, 9.17) is 23.8 Å². The summed E-state index contributed by atoms with van der Waals surface area (Å²) in [6, 6.07) is 13.6. The van der Waals surface area contributed by atoms with Crippen LogP contribution in [0.25, 0.3) is 6.08 Å². The van der Waals surface area contributed by atoms with Gasteiger partial charge in [0, 0.05) is 58.3 Å². The Morgan fingerprint density at radius 3 is 2.27 bits per heavy atom. The second kappa shape index (κ2) is 17.1. The van der Waals surface area contributed by atoms with Crippen LogP contribution in [-0.2, 0) is 60.7 Å². The molecule has 0 spiro atoms. The maximum absolute atomic E-state index is 15.8. The first-order valence-electron chi connectivity index (χ1n) is 22.0. The lowest BCUT2D eigenvalue weighted by atomic mass is 9.62. The highest BCUT2D eigenvalue weighted by Gasteiger charge is 2.78. The van der Waals surface area contributed by atoms with Crippen LogP contribution >= 0.6 is 0 Å². The number of hydrogen-bond acceptors (Lipinski definition) is 12. The molecule has 0 unspecified atom stereocenters. The zero-order valence-electron chi connectivity index (χ0n) is 36.5. The highest BCUT2D eigenvalue weighted by atomic mass is 16.8. The van der Waals surface area contributed by atoms with Gasteiger partial charge < -0.3 is 39.2 Å². The molecule has 3 amide bonds. The maximum Gasteiger partial charge on any atom is 0.327 e. The molecule has 334 valence electrons. The summed E-state index contributed by atoms with van der Waals surface area (Å²) in [5.74, 6) is -2.78. The van der Waals surface area contributed by atoms with E-state index >= 15 is 4.79 Å². The molecule has 6 fully saturated rings. The van der Waals surface area contributed by atoms with Crippen LogP contribution < -0.4 is 5.32 Å². The number of nitrogens with zero attached hydrogens (tertiary/aromatic N) is 3. The van der Waals surface area contributed by atoms with E-state index in [1.165, 1.54) is 20.9 Å². The van der Waals surface area contributed by atoms with Gasteiger partial charge in [-0.3, -0.25) is 28.8 Å². The molecule has 62 heavy (non-hydrogen) atoms. The standard InChI is InChI=1S/C47H60N4O11/c1-45(2,3)59-37(54)23-21-33(27-52)48-42(55)34(24-28-12-8-7-9-13-28)50(6)44(57)46-25-35-38-39(61-47(60-38,31-17-18-31)32-19-20-32)41(46)62-51(40(46)43(56)58-35)26-30-15-11-10-14-29(30)16-22-36(53)49(4)5/h7-16,22,31-35,38-41,52H,17-21,23-27H2,1-6H3,(H,48,55)/t33-,34+,35-,38-,39-,40-,41+,46-/m0/s1. The van der Waals surface area contributed by atoms with E-state index < -0.39 is 89.7 Å². The quantitative estimate of drug-likeness (QED) is 0.186. The first-order chi connectivity index (χ1) is 29.5. The molecule has 2 aromatic carbocycles. The van der Waals surface area contributed by atoms with Crippen molar-refractivity contribution in [2.75, 3.05) is 27.7 Å². The molecule has 0 radical (unpaired) electrons. The van der Waals surface area contributed by atoms with Crippen LogP contribution in [0.3, 0.4) is 0 Å². The number of likely N-dealkylation sites (N-methyl/N-ethyl adjacent to an activating group) is 2. The van der Waals surface area contributed by atoms with Crippen LogP contribution in [0, 0.1) is 17.3 Å². The molecule has 8 atom stereocenters. The number of hydroxylamine groups is 2. The van der Waals surface area contributed by atoms with Crippen molar-refractivity contribution < 1.29 is 52.9 Å². The number of aliphatic hydroxyl groups excluding tert-OH is 1. The van der Waals surface area contributed by atoms with Gasteiger partial charge in [0.15, 0.2) is 11.8 Å². The monoisotopic (exact) mass is 856 g/mol. The molecular formula is C47H60N4O11. The number of nitrogens with one attached hydrogen (secondary N) is 1. The fourth-order valence-electron chi connectivity index (χ4n) is 9.87. The number of ether oxygens (including phenoxy) is 4. The Morgan fingerprint density at radius 2 is 1.63 bits per heavy atom. The van der Waals surface area contributed by atoms with Crippen molar-refractivity contribution in [1.29, 1.82) is 0 Å². The summed E-state index contributed by atoms with van der Waals surface area (Å²) in [5, 5.41) is 14.8. The lowest BCUT2D eigenvalue weighted by molar-refractivity contribution is -0.235. The van der Waals surface area contributed by atoms with Crippen molar-refractivity contribution >= 4 is 35.7 Å². The predicted molar refractivity (Wildman–Crippen MR) is 224 cm³/mol. The fourth-order valence-corrected chi connectivity index (χ4v) is 9.87. The summed E-state index contributed by atoms with van der Waals surface area (Å²) in [4.78, 5) is 79.8. The number of benzene rings is 2. The Labute approximate surface area is 362 Å². The Bertz CT molecular complexity index is 2050. The first-order valence-corrected chi connectivity index (χ1v) is 22.0. The van der Waals surface area contributed by atoms with E-state index in [1.807, 2.05) is 54.6 Å². The summed E-state index contributed by atoms with van der Waals surface area (Å²) < 4.78 is 25.7. The summed E-state index contributed by atoms with van der Waals surface area (Å²) in [6.45, 7) is 4.92. The van der Waals surface area contributed by atoms with Crippen LogP contribution in [0.15, 0.2) is 60.7 Å². The van der Waals surface area contributed by atoms with Gasteiger partial charge in [0.25, 0.3) is 0 Å². The predicted octanol–water partition coefficient (Wildman–Crippen LogP) is 3.56. The number of hydrogen-bond donors (Lipinski definition) is 2. The van der Waals surface area contributed by atoms with Crippen molar-refractivity contribution in [3.8, 4) is 0 Å². The summed E-state index contributed by atoms with van der Waals surface area (Å²) in [5.41, 5.74) is 0.00290. The van der Waals surface area contributed by atoms with Crippen LogP contribution in [0.5, 0.6) is 0 Å². The van der Waals surface area contributed by atoms with E-state index in [-0.39, 0.29) is 50.0 Å². The van der Waals surface area contributed by atoms with Crippen molar-refractivity contribution in [1.82, 2.24) is 20.2 Å². The van der Waals surface area contributed by atoms with E-state index in [1.54, 1.807) is 48.0 Å². The summed E-state index contributed by atoms with van der Waals surface area (Å²) in [6.07, 6.45) is 4.08. The molecule has 0 aromatic heterocycles. The van der Waals surface area contributed by atoms with Gasteiger partial charge >= 0.3 is 11.9 Å². The largest absolute Gasteiger partial charge is 0.460 e. The number of rotatable bonds is 16. The number of fused-ring (bicyclic) bond motifs is 4. The third kappa shape index (κ3) is 8.54. The molecule has 3 heterocycles. The van der Waals surface area contributed by atoms with Crippen molar-refractivity contribution in [3.63, 3.8) is 0 Å². The normalized spacial score (nSPS) is 28.4. The zero-order chi connectivity index (χ0) is 44.1. The van der Waals surface area contributed by atoms with Crippen molar-refractivity contribution in [3.05, 3.63) is 77.4 Å². The fraction of sp³-hybridized carbons (Fsp3) is 0.596. The Morgan fingerprint density at radius 1 is 0.968 bits per heavy atom. The number of esters is 2. The summed E-state index contributed by atoms with van der Waals surface area (Å²) in [7, 11) is 4.90. The lowest BCUT2D eigenvalue weighted by Crippen LogP contribution is -2.70. The number of carbonyl (C=O) groups is 5. The molecule has 2 bridgehead atoms. The summed E-state index contributed by atoms with van der Waals surface area (Å²) >= 11 is 0. The van der Waals surface area contributed by atoms with Crippen LogP contribution in [-0.4, -0.2) is 131 Å². The molecule has 3 aliphatic carbocycles. The molecule has 8 rings (SSSR count). The average Bonchev–Trinajstić information content (AvgIpc) is 4.19. The molecule has 15 heteroatoms. The first kappa shape index (κ1) is 44.0. The minimum atomic E-state index is -1.56. The average molecular weight is 857 g/mol. The lowest BCUT2D eigenvalue weighted by Gasteiger charge is -2.50. The molecule has 3 aliphatic heterocycles. The molecule has 3 saturated carbocycles.